The van der Waals surface area contributed by atoms with Crippen LogP contribution in [-0.2, 0) is 0 Å². The summed E-state index contributed by atoms with van der Waals surface area (Å²) in [4.78, 5) is 23.8. The lowest BCUT2D eigenvalue weighted by atomic mass is 10.1. The normalized spacial score (nSPS) is 13.5. The van der Waals surface area contributed by atoms with Crippen LogP contribution in [0, 0.1) is 0 Å². The van der Waals surface area contributed by atoms with E-state index < -0.39 is 11.9 Å². The highest BCUT2D eigenvalue weighted by molar-refractivity contribution is 6.32. The van der Waals surface area contributed by atoms with Crippen molar-refractivity contribution in [2.75, 3.05) is 0 Å². The lowest BCUT2D eigenvalue weighted by molar-refractivity contribution is 0.0729. The van der Waals surface area contributed by atoms with Gasteiger partial charge in [0.25, 0.3) is 0 Å². The second-order valence-corrected chi connectivity index (χ2v) is 4.36. The van der Waals surface area contributed by atoms with Gasteiger partial charge < -0.3 is 9.47 Å². The summed E-state index contributed by atoms with van der Waals surface area (Å²) < 4.78 is 10.3. The SMILES string of the molecule is O=C1Oc2ccc(c(Cl)c2)OC(=O)c2cccc1c2. The minimum atomic E-state index is -0.578. The van der Waals surface area contributed by atoms with E-state index in [1.165, 1.54) is 24.3 Å². The van der Waals surface area contributed by atoms with Gasteiger partial charge in [-0.15, -0.1) is 0 Å². The highest BCUT2D eigenvalue weighted by atomic mass is 35.5. The quantitative estimate of drug-likeness (QED) is 0.547. The number of carbonyl (C=O) groups excluding carboxylic acids is 2. The maximum Gasteiger partial charge on any atom is 0.343 e. The average molecular weight is 275 g/mol. The molecule has 0 aliphatic carbocycles. The van der Waals surface area contributed by atoms with E-state index >= 15 is 0 Å². The molecule has 4 rings (SSSR count). The molecule has 5 heteroatoms. The Morgan fingerprint density at radius 2 is 1.53 bits per heavy atom. The van der Waals surface area contributed by atoms with E-state index in [1.54, 1.807) is 18.2 Å². The van der Waals surface area contributed by atoms with Crippen LogP contribution >= 0.6 is 11.6 Å². The molecule has 2 aliphatic heterocycles. The predicted octanol–water partition coefficient (Wildman–Crippen LogP) is 3.09. The molecule has 2 aromatic carbocycles. The number of halogens is 1. The fourth-order valence-corrected chi connectivity index (χ4v) is 1.93. The van der Waals surface area contributed by atoms with Crippen LogP contribution in [-0.4, -0.2) is 11.9 Å². The summed E-state index contributed by atoms with van der Waals surface area (Å²) in [5.74, 6) is -0.618. The minimum absolute atomic E-state index is 0.202. The van der Waals surface area contributed by atoms with Gasteiger partial charge >= 0.3 is 11.9 Å². The third-order valence-electron chi connectivity index (χ3n) is 2.65. The van der Waals surface area contributed by atoms with Gasteiger partial charge in [-0.3, -0.25) is 0 Å². The predicted molar refractivity (Wildman–Crippen MR) is 67.8 cm³/mol. The molecule has 2 aliphatic rings. The monoisotopic (exact) mass is 274 g/mol. The van der Waals surface area contributed by atoms with E-state index in [-0.39, 0.29) is 21.9 Å². The Labute approximate surface area is 113 Å². The summed E-state index contributed by atoms with van der Waals surface area (Å²) in [5.41, 5.74) is 0.533. The van der Waals surface area contributed by atoms with Crippen molar-refractivity contribution >= 4 is 23.5 Å². The summed E-state index contributed by atoms with van der Waals surface area (Å²) in [7, 11) is 0. The minimum Gasteiger partial charge on any atom is -0.423 e. The van der Waals surface area contributed by atoms with Crippen LogP contribution in [0.1, 0.15) is 20.7 Å². The van der Waals surface area contributed by atoms with Gasteiger partial charge in [-0.25, -0.2) is 9.59 Å². The Morgan fingerprint density at radius 3 is 2.21 bits per heavy atom. The summed E-state index contributed by atoms with van der Waals surface area (Å²) in [5, 5.41) is 0.202. The third-order valence-corrected chi connectivity index (χ3v) is 2.95. The summed E-state index contributed by atoms with van der Waals surface area (Å²) >= 11 is 5.96. The highest BCUT2D eigenvalue weighted by Gasteiger charge is 2.18. The number of hydrogen-bond acceptors (Lipinski definition) is 4. The first-order valence-electron chi connectivity index (χ1n) is 5.47. The molecule has 0 fully saturated rings. The maximum absolute atomic E-state index is 11.9. The molecule has 2 aromatic rings. The molecule has 0 radical (unpaired) electrons. The Balaban J connectivity index is 2.18. The topological polar surface area (TPSA) is 52.6 Å². The lowest BCUT2D eigenvalue weighted by Crippen LogP contribution is -2.11. The summed E-state index contributed by atoms with van der Waals surface area (Å²) in [6.07, 6.45) is 0. The van der Waals surface area contributed by atoms with Gasteiger partial charge in [0.2, 0.25) is 0 Å². The molecule has 0 N–H and O–H groups in total. The largest absolute Gasteiger partial charge is 0.423 e. The number of carbonyl (C=O) groups is 2. The van der Waals surface area contributed by atoms with Gasteiger partial charge in [0.1, 0.15) is 11.5 Å². The first kappa shape index (κ1) is 11.7. The molecular weight excluding hydrogens is 268 g/mol. The van der Waals surface area contributed by atoms with E-state index in [4.69, 9.17) is 21.1 Å². The van der Waals surface area contributed by atoms with E-state index in [2.05, 4.69) is 0 Å². The number of fused-ring (bicyclic) bond motifs is 4. The smallest absolute Gasteiger partial charge is 0.343 e. The van der Waals surface area contributed by atoms with Gasteiger partial charge in [-0.1, -0.05) is 17.7 Å². The van der Waals surface area contributed by atoms with Crippen LogP contribution in [0.15, 0.2) is 42.5 Å². The molecule has 0 atom stereocenters. The zero-order valence-corrected chi connectivity index (χ0v) is 10.3. The van der Waals surface area contributed by atoms with Crippen molar-refractivity contribution in [1.29, 1.82) is 0 Å². The number of benzene rings is 2. The molecule has 0 spiro atoms. The average Bonchev–Trinajstić information content (AvgIpc) is 2.42. The van der Waals surface area contributed by atoms with Gasteiger partial charge in [-0.2, -0.15) is 0 Å². The van der Waals surface area contributed by atoms with E-state index in [1.807, 2.05) is 0 Å². The number of esters is 2. The van der Waals surface area contributed by atoms with Gasteiger partial charge in [0, 0.05) is 6.07 Å². The third kappa shape index (κ3) is 2.18. The van der Waals surface area contributed by atoms with Crippen molar-refractivity contribution in [2.45, 2.75) is 0 Å². The molecule has 0 amide bonds. The second-order valence-electron chi connectivity index (χ2n) is 3.95. The molecule has 0 saturated carbocycles. The van der Waals surface area contributed by atoms with E-state index in [0.717, 1.165) is 0 Å². The first-order chi connectivity index (χ1) is 9.13. The van der Waals surface area contributed by atoms with Crippen molar-refractivity contribution in [3.63, 3.8) is 0 Å². The van der Waals surface area contributed by atoms with Gasteiger partial charge in [0.05, 0.1) is 16.1 Å². The lowest BCUT2D eigenvalue weighted by Gasteiger charge is -2.06. The number of rotatable bonds is 0. The fourth-order valence-electron chi connectivity index (χ4n) is 1.73. The Hall–Kier alpha value is -2.33. The first-order valence-corrected chi connectivity index (χ1v) is 5.85. The van der Waals surface area contributed by atoms with Gasteiger partial charge in [0.15, 0.2) is 0 Å². The molecule has 4 bridgehead atoms. The Bertz CT molecular complexity index is 694. The molecule has 0 saturated heterocycles. The van der Waals surface area contributed by atoms with E-state index in [9.17, 15) is 9.59 Å². The maximum atomic E-state index is 11.9. The van der Waals surface area contributed by atoms with E-state index in [0.29, 0.717) is 5.75 Å². The van der Waals surface area contributed by atoms with Crippen molar-refractivity contribution in [2.24, 2.45) is 0 Å². The molecule has 94 valence electrons. The van der Waals surface area contributed by atoms with Crippen LogP contribution in [0.2, 0.25) is 5.02 Å². The standard InChI is InChI=1S/C14H7ClO4/c15-11-7-10-4-5-12(11)19-14(17)9-3-1-2-8(6-9)13(16)18-10/h1-7H. The fraction of sp³-hybridized carbons (Fsp3) is 0. The number of ether oxygens (including phenoxy) is 2. The summed E-state index contributed by atoms with van der Waals surface area (Å²) in [6.45, 7) is 0. The van der Waals surface area contributed by atoms with Crippen molar-refractivity contribution in [3.8, 4) is 11.5 Å². The molecule has 0 aromatic heterocycles. The van der Waals surface area contributed by atoms with Gasteiger partial charge in [-0.05, 0) is 30.3 Å². The molecule has 4 nitrogen and oxygen atoms in total. The van der Waals surface area contributed by atoms with Crippen molar-refractivity contribution < 1.29 is 19.1 Å². The summed E-state index contributed by atoms with van der Waals surface area (Å²) in [6, 6.07) is 10.5. The van der Waals surface area contributed by atoms with Crippen LogP contribution in [0.25, 0.3) is 0 Å². The van der Waals surface area contributed by atoms with Crippen LogP contribution < -0.4 is 9.47 Å². The van der Waals surface area contributed by atoms with Crippen molar-refractivity contribution in [3.05, 3.63) is 58.6 Å². The van der Waals surface area contributed by atoms with Crippen LogP contribution in [0.4, 0.5) is 0 Å². The Morgan fingerprint density at radius 1 is 0.842 bits per heavy atom. The second kappa shape index (κ2) is 4.40. The molecule has 19 heavy (non-hydrogen) atoms. The molecular formula is C14H7ClO4. The zero-order chi connectivity index (χ0) is 13.4. The number of hydrogen-bond donors (Lipinski definition) is 0. The zero-order valence-electron chi connectivity index (χ0n) is 9.55. The van der Waals surface area contributed by atoms with Crippen LogP contribution in [0.5, 0.6) is 11.5 Å². The molecule has 0 unspecified atom stereocenters. The molecule has 2 heterocycles. The highest BCUT2D eigenvalue weighted by Crippen LogP contribution is 2.30. The van der Waals surface area contributed by atoms with Crippen LogP contribution in [0.3, 0.4) is 0 Å². The Kier molecular flexibility index (Phi) is 2.72. The van der Waals surface area contributed by atoms with Crippen molar-refractivity contribution in [1.82, 2.24) is 0 Å².